The highest BCUT2D eigenvalue weighted by atomic mass is 35.5. The van der Waals surface area contributed by atoms with Crippen molar-refractivity contribution < 1.29 is 4.39 Å². The normalized spacial score (nSPS) is 13.1. The van der Waals surface area contributed by atoms with Crippen LogP contribution in [0.5, 0.6) is 0 Å². The van der Waals surface area contributed by atoms with Crippen LogP contribution < -0.4 is 0 Å². The first kappa shape index (κ1) is 7.48. The number of halogens is 2. The SMILES string of the molecule is C[C@@H](F)c1ccnc(Cl)c1. The fourth-order valence-electron chi connectivity index (χ4n) is 0.665. The van der Waals surface area contributed by atoms with Gasteiger partial charge in [-0.15, -0.1) is 0 Å². The summed E-state index contributed by atoms with van der Waals surface area (Å²) in [6.45, 7) is 1.46. The van der Waals surface area contributed by atoms with Crippen molar-refractivity contribution in [2.24, 2.45) is 0 Å². The molecule has 0 radical (unpaired) electrons. The number of hydrogen-bond donors (Lipinski definition) is 0. The molecule has 10 heavy (non-hydrogen) atoms. The smallest absolute Gasteiger partial charge is 0.129 e. The van der Waals surface area contributed by atoms with E-state index in [0.717, 1.165) is 0 Å². The van der Waals surface area contributed by atoms with Crippen molar-refractivity contribution in [3.8, 4) is 0 Å². The third kappa shape index (κ3) is 1.67. The van der Waals surface area contributed by atoms with Crippen molar-refractivity contribution in [3.05, 3.63) is 29.0 Å². The van der Waals surface area contributed by atoms with Crippen LogP contribution in [0.4, 0.5) is 4.39 Å². The number of pyridine rings is 1. The molecular formula is C7H7ClFN. The van der Waals surface area contributed by atoms with E-state index < -0.39 is 6.17 Å². The summed E-state index contributed by atoms with van der Waals surface area (Å²) in [4.78, 5) is 3.72. The summed E-state index contributed by atoms with van der Waals surface area (Å²) < 4.78 is 12.5. The van der Waals surface area contributed by atoms with Crippen molar-refractivity contribution in [3.63, 3.8) is 0 Å². The quantitative estimate of drug-likeness (QED) is 0.575. The third-order valence-electron chi connectivity index (χ3n) is 1.21. The van der Waals surface area contributed by atoms with Gasteiger partial charge in [0.15, 0.2) is 0 Å². The van der Waals surface area contributed by atoms with Gasteiger partial charge in [-0.25, -0.2) is 9.37 Å². The largest absolute Gasteiger partial charge is 0.245 e. The second-order valence-electron chi connectivity index (χ2n) is 2.03. The Bertz CT molecular complexity index is 225. The van der Waals surface area contributed by atoms with E-state index in [2.05, 4.69) is 4.98 Å². The van der Waals surface area contributed by atoms with Crippen LogP contribution in [0.1, 0.15) is 18.7 Å². The van der Waals surface area contributed by atoms with Gasteiger partial charge in [-0.1, -0.05) is 11.6 Å². The molecule has 0 bridgehead atoms. The molecule has 1 atom stereocenters. The molecule has 1 nitrogen and oxygen atoms in total. The molecular weight excluding hydrogens is 153 g/mol. The molecule has 0 spiro atoms. The Kier molecular flexibility index (Phi) is 2.22. The molecule has 0 aliphatic heterocycles. The molecule has 0 aromatic carbocycles. The maximum atomic E-state index is 12.5. The number of aromatic nitrogens is 1. The summed E-state index contributed by atoms with van der Waals surface area (Å²) in [7, 11) is 0. The zero-order chi connectivity index (χ0) is 7.56. The highest BCUT2D eigenvalue weighted by Gasteiger charge is 2.01. The highest BCUT2D eigenvalue weighted by molar-refractivity contribution is 6.29. The van der Waals surface area contributed by atoms with E-state index in [0.29, 0.717) is 10.7 Å². The summed E-state index contributed by atoms with van der Waals surface area (Å²) >= 11 is 5.51. The molecule has 0 aliphatic carbocycles. The first-order valence-electron chi connectivity index (χ1n) is 2.95. The van der Waals surface area contributed by atoms with Crippen LogP contribution in [-0.2, 0) is 0 Å². The van der Waals surface area contributed by atoms with Gasteiger partial charge in [-0.3, -0.25) is 0 Å². The Morgan fingerprint density at radius 3 is 2.80 bits per heavy atom. The van der Waals surface area contributed by atoms with E-state index in [9.17, 15) is 4.39 Å². The van der Waals surface area contributed by atoms with Crippen LogP contribution in [0.15, 0.2) is 18.3 Å². The minimum absolute atomic E-state index is 0.335. The zero-order valence-electron chi connectivity index (χ0n) is 5.51. The Balaban J connectivity index is 2.96. The molecule has 0 saturated carbocycles. The minimum Gasteiger partial charge on any atom is -0.245 e. The van der Waals surface area contributed by atoms with E-state index >= 15 is 0 Å². The highest BCUT2D eigenvalue weighted by Crippen LogP contribution is 2.17. The number of nitrogens with zero attached hydrogens (tertiary/aromatic N) is 1. The summed E-state index contributed by atoms with van der Waals surface area (Å²) in [6, 6.07) is 3.13. The summed E-state index contributed by atoms with van der Waals surface area (Å²) in [5.41, 5.74) is 0.569. The summed E-state index contributed by atoms with van der Waals surface area (Å²) in [6.07, 6.45) is 0.522. The number of rotatable bonds is 1. The fraction of sp³-hybridized carbons (Fsp3) is 0.286. The van der Waals surface area contributed by atoms with Crippen LogP contribution in [0, 0.1) is 0 Å². The second-order valence-corrected chi connectivity index (χ2v) is 2.42. The lowest BCUT2D eigenvalue weighted by atomic mass is 10.2. The van der Waals surface area contributed by atoms with Gasteiger partial charge in [0.2, 0.25) is 0 Å². The molecule has 54 valence electrons. The van der Waals surface area contributed by atoms with Crippen molar-refractivity contribution in [2.75, 3.05) is 0 Å². The van der Waals surface area contributed by atoms with Gasteiger partial charge in [0.1, 0.15) is 11.3 Å². The molecule has 0 fully saturated rings. The molecule has 0 saturated heterocycles. The van der Waals surface area contributed by atoms with E-state index in [4.69, 9.17) is 11.6 Å². The van der Waals surface area contributed by atoms with Gasteiger partial charge in [0.25, 0.3) is 0 Å². The molecule has 1 rings (SSSR count). The van der Waals surface area contributed by atoms with E-state index in [1.807, 2.05) is 0 Å². The van der Waals surface area contributed by atoms with Crippen LogP contribution in [0.3, 0.4) is 0 Å². The van der Waals surface area contributed by atoms with Crippen molar-refractivity contribution >= 4 is 11.6 Å². The zero-order valence-corrected chi connectivity index (χ0v) is 6.27. The van der Waals surface area contributed by atoms with E-state index in [1.54, 1.807) is 6.07 Å². The van der Waals surface area contributed by atoms with Gasteiger partial charge in [0, 0.05) is 6.20 Å². The first-order chi connectivity index (χ1) is 4.70. The van der Waals surface area contributed by atoms with Gasteiger partial charge in [-0.2, -0.15) is 0 Å². The number of alkyl halides is 1. The minimum atomic E-state index is -0.972. The van der Waals surface area contributed by atoms with Crippen molar-refractivity contribution in [1.82, 2.24) is 4.98 Å². The van der Waals surface area contributed by atoms with Gasteiger partial charge < -0.3 is 0 Å². The first-order valence-corrected chi connectivity index (χ1v) is 3.33. The van der Waals surface area contributed by atoms with Gasteiger partial charge >= 0.3 is 0 Å². The maximum absolute atomic E-state index is 12.5. The lowest BCUT2D eigenvalue weighted by Crippen LogP contribution is -1.85. The molecule has 1 heterocycles. The molecule has 0 aliphatic rings. The van der Waals surface area contributed by atoms with Crippen molar-refractivity contribution in [1.29, 1.82) is 0 Å². The number of hydrogen-bond acceptors (Lipinski definition) is 1. The Hall–Kier alpha value is -0.630. The molecule has 0 N–H and O–H groups in total. The average molecular weight is 160 g/mol. The van der Waals surface area contributed by atoms with Crippen LogP contribution in [0.2, 0.25) is 5.15 Å². The standard InChI is InChI=1S/C7H7ClFN/c1-5(9)6-2-3-10-7(8)4-6/h2-5H,1H3/t5-/m1/s1. The predicted octanol–water partition coefficient (Wildman–Crippen LogP) is 2.77. The lowest BCUT2D eigenvalue weighted by Gasteiger charge is -1.99. The van der Waals surface area contributed by atoms with Crippen LogP contribution >= 0.6 is 11.6 Å². The lowest BCUT2D eigenvalue weighted by molar-refractivity contribution is 0.374. The molecule has 1 aromatic rings. The Morgan fingerprint density at radius 2 is 2.40 bits per heavy atom. The molecule has 1 aromatic heterocycles. The molecule has 3 heteroatoms. The summed E-state index contributed by atoms with van der Waals surface area (Å²) in [5, 5.41) is 0.335. The van der Waals surface area contributed by atoms with Gasteiger partial charge in [0.05, 0.1) is 0 Å². The molecule has 0 unspecified atom stereocenters. The average Bonchev–Trinajstić information content (AvgIpc) is 1.88. The topological polar surface area (TPSA) is 12.9 Å². The Labute approximate surface area is 63.8 Å². The van der Waals surface area contributed by atoms with Crippen molar-refractivity contribution in [2.45, 2.75) is 13.1 Å². The monoisotopic (exact) mass is 159 g/mol. The fourth-order valence-corrected chi connectivity index (χ4v) is 0.847. The maximum Gasteiger partial charge on any atom is 0.129 e. The second kappa shape index (κ2) is 2.97. The molecule has 0 amide bonds. The van der Waals surface area contributed by atoms with Gasteiger partial charge in [-0.05, 0) is 24.6 Å². The third-order valence-corrected chi connectivity index (χ3v) is 1.42. The van der Waals surface area contributed by atoms with Crippen LogP contribution in [0.25, 0.3) is 0 Å². The van der Waals surface area contributed by atoms with E-state index in [1.165, 1.54) is 19.2 Å². The van der Waals surface area contributed by atoms with Crippen LogP contribution in [-0.4, -0.2) is 4.98 Å². The van der Waals surface area contributed by atoms with E-state index in [-0.39, 0.29) is 0 Å². The Morgan fingerprint density at radius 1 is 1.70 bits per heavy atom. The summed E-state index contributed by atoms with van der Waals surface area (Å²) in [5.74, 6) is 0. The predicted molar refractivity (Wildman–Crippen MR) is 38.8 cm³/mol.